The van der Waals surface area contributed by atoms with Crippen LogP contribution in [-0.4, -0.2) is 25.5 Å². The molecule has 3 aromatic carbocycles. The molecule has 203 valence electrons. The molecule has 7 heteroatoms. The maximum atomic E-state index is 13.2. The summed E-state index contributed by atoms with van der Waals surface area (Å²) in [4.78, 5) is 13.4. The van der Waals surface area contributed by atoms with Gasteiger partial charge in [0.15, 0.2) is 6.10 Å². The van der Waals surface area contributed by atoms with Gasteiger partial charge in [-0.3, -0.25) is 4.79 Å². The van der Waals surface area contributed by atoms with E-state index in [0.717, 1.165) is 32.1 Å². The first-order valence-corrected chi connectivity index (χ1v) is 14.8. The number of rotatable bonds is 15. The van der Waals surface area contributed by atoms with Crippen LogP contribution in [0.2, 0.25) is 0 Å². The summed E-state index contributed by atoms with van der Waals surface area (Å²) < 4.78 is 31.9. The molecule has 1 atom stereocenters. The van der Waals surface area contributed by atoms with Gasteiger partial charge in [-0.1, -0.05) is 58.1 Å². The van der Waals surface area contributed by atoms with Crippen molar-refractivity contribution in [1.29, 1.82) is 0 Å². The fraction of sp³-hybridized carbons (Fsp3) is 0.355. The van der Waals surface area contributed by atoms with E-state index in [0.29, 0.717) is 17.9 Å². The molecule has 0 saturated carbocycles. The number of benzene rings is 3. The minimum atomic E-state index is -3.74. The highest BCUT2D eigenvalue weighted by atomic mass is 32.2. The summed E-state index contributed by atoms with van der Waals surface area (Å²) >= 11 is 0. The van der Waals surface area contributed by atoms with Gasteiger partial charge in [-0.05, 0) is 91.9 Å². The maximum absolute atomic E-state index is 13.2. The molecule has 0 aliphatic heterocycles. The van der Waals surface area contributed by atoms with Crippen molar-refractivity contribution < 1.29 is 23.1 Å². The highest BCUT2D eigenvalue weighted by Crippen LogP contribution is 2.26. The Labute approximate surface area is 227 Å². The van der Waals surface area contributed by atoms with E-state index in [1.165, 1.54) is 61.2 Å². The third-order valence-corrected chi connectivity index (χ3v) is 8.14. The molecule has 1 radical (unpaired) electrons. The Kier molecular flexibility index (Phi) is 11.2. The molecule has 0 spiro atoms. The first kappa shape index (κ1) is 29.2. The van der Waals surface area contributed by atoms with Crippen molar-refractivity contribution in [2.45, 2.75) is 80.6 Å². The van der Waals surface area contributed by atoms with Crippen molar-refractivity contribution >= 4 is 21.4 Å². The molecular weight excluding hydrogens is 498 g/mol. The number of aryl methyl sites for hydroxylation is 1. The molecule has 0 aliphatic carbocycles. The van der Waals surface area contributed by atoms with Crippen LogP contribution in [0.15, 0.2) is 82.6 Å². The molecule has 1 amide bonds. The van der Waals surface area contributed by atoms with Gasteiger partial charge < -0.3 is 15.2 Å². The number of carbonyl (C=O) groups is 1. The number of ether oxygens (including phenoxy) is 1. The van der Waals surface area contributed by atoms with Gasteiger partial charge in [0.25, 0.3) is 5.91 Å². The normalized spacial score (nSPS) is 12.2. The van der Waals surface area contributed by atoms with Gasteiger partial charge in [0.05, 0.1) is 9.79 Å². The van der Waals surface area contributed by atoms with Crippen LogP contribution in [0.1, 0.15) is 63.9 Å². The molecule has 0 saturated heterocycles. The van der Waals surface area contributed by atoms with E-state index in [1.807, 2.05) is 24.3 Å². The van der Waals surface area contributed by atoms with Gasteiger partial charge in [0.2, 0.25) is 9.84 Å². The Morgan fingerprint density at radius 3 is 2.05 bits per heavy atom. The fourth-order valence-electron chi connectivity index (χ4n) is 4.16. The third kappa shape index (κ3) is 8.62. The SMILES string of the molecule is [CH2]CCc1ccc(NC(=O)C(CCCCCCCC)Oc2ccc(S(=O)(=O)c3ccc(O)cc3)cc2)cc1. The van der Waals surface area contributed by atoms with E-state index in [4.69, 9.17) is 4.74 Å². The van der Waals surface area contributed by atoms with Crippen LogP contribution in [0.5, 0.6) is 11.5 Å². The number of aromatic hydroxyl groups is 1. The number of phenolic OH excluding ortho intramolecular Hbond substituents is 1. The molecule has 1 unspecified atom stereocenters. The Morgan fingerprint density at radius 1 is 0.868 bits per heavy atom. The number of hydrogen-bond acceptors (Lipinski definition) is 5. The van der Waals surface area contributed by atoms with Crippen LogP contribution >= 0.6 is 0 Å². The smallest absolute Gasteiger partial charge is 0.265 e. The third-order valence-electron chi connectivity index (χ3n) is 6.36. The lowest BCUT2D eigenvalue weighted by Gasteiger charge is -2.19. The van der Waals surface area contributed by atoms with Gasteiger partial charge >= 0.3 is 0 Å². The molecule has 0 aliphatic rings. The molecule has 0 bridgehead atoms. The first-order valence-electron chi connectivity index (χ1n) is 13.3. The van der Waals surface area contributed by atoms with E-state index < -0.39 is 15.9 Å². The van der Waals surface area contributed by atoms with Crippen LogP contribution < -0.4 is 10.1 Å². The number of hydrogen-bond donors (Lipinski definition) is 2. The van der Waals surface area contributed by atoms with Crippen molar-refractivity contribution in [3.05, 3.63) is 85.3 Å². The van der Waals surface area contributed by atoms with Gasteiger partial charge in [-0.2, -0.15) is 0 Å². The topological polar surface area (TPSA) is 92.7 Å². The van der Waals surface area contributed by atoms with Crippen LogP contribution in [0.4, 0.5) is 5.69 Å². The molecule has 0 aromatic heterocycles. The highest BCUT2D eigenvalue weighted by Gasteiger charge is 2.22. The quantitative estimate of drug-likeness (QED) is 0.202. The Bertz CT molecular complexity index is 1240. The van der Waals surface area contributed by atoms with E-state index in [2.05, 4.69) is 19.2 Å². The molecule has 0 fully saturated rings. The summed E-state index contributed by atoms with van der Waals surface area (Å²) in [5.41, 5.74) is 1.87. The summed E-state index contributed by atoms with van der Waals surface area (Å²) in [5, 5.41) is 12.4. The van der Waals surface area contributed by atoms with E-state index in [1.54, 1.807) is 12.1 Å². The number of unbranched alkanes of at least 4 members (excludes halogenated alkanes) is 5. The number of amides is 1. The number of sulfone groups is 1. The highest BCUT2D eigenvalue weighted by molar-refractivity contribution is 7.91. The largest absolute Gasteiger partial charge is 0.508 e. The molecule has 3 aromatic rings. The lowest BCUT2D eigenvalue weighted by Crippen LogP contribution is -2.33. The predicted molar refractivity (Wildman–Crippen MR) is 151 cm³/mol. The minimum Gasteiger partial charge on any atom is -0.508 e. The zero-order valence-electron chi connectivity index (χ0n) is 22.1. The Balaban J connectivity index is 1.69. The van der Waals surface area contributed by atoms with Gasteiger partial charge in [-0.15, -0.1) is 0 Å². The first-order chi connectivity index (χ1) is 18.3. The van der Waals surface area contributed by atoms with Crippen molar-refractivity contribution in [2.24, 2.45) is 0 Å². The van der Waals surface area contributed by atoms with Crippen LogP contribution in [0.3, 0.4) is 0 Å². The average Bonchev–Trinajstić information content (AvgIpc) is 2.91. The zero-order chi connectivity index (χ0) is 27.4. The summed E-state index contributed by atoms with van der Waals surface area (Å²) in [6.45, 7) is 6.06. The Morgan fingerprint density at radius 2 is 1.45 bits per heavy atom. The lowest BCUT2D eigenvalue weighted by molar-refractivity contribution is -0.123. The van der Waals surface area contributed by atoms with Crippen molar-refractivity contribution in [3.8, 4) is 11.5 Å². The second-order valence-electron chi connectivity index (χ2n) is 9.42. The number of nitrogens with one attached hydrogen (secondary N) is 1. The molecular formula is C31H38NO5S. The van der Waals surface area contributed by atoms with Gasteiger partial charge in [0.1, 0.15) is 11.5 Å². The van der Waals surface area contributed by atoms with E-state index in [9.17, 15) is 18.3 Å². The second kappa shape index (κ2) is 14.6. The second-order valence-corrected chi connectivity index (χ2v) is 11.4. The Hall–Kier alpha value is -3.32. The standard InChI is InChI=1S/C31H38NO5S/c1-3-5-6-7-8-9-11-30(31(34)32-25-14-12-24(10-4-2)13-15-25)37-27-18-22-29(23-19-27)38(35,36)28-20-16-26(33)17-21-28/h12-23,30,33H,2-11H2,1H3,(H,32,34). The summed E-state index contributed by atoms with van der Waals surface area (Å²) in [7, 11) is -3.74. The number of carbonyl (C=O) groups excluding carboxylic acids is 1. The summed E-state index contributed by atoms with van der Waals surface area (Å²) in [5.74, 6) is 0.187. The van der Waals surface area contributed by atoms with E-state index in [-0.39, 0.29) is 21.4 Å². The van der Waals surface area contributed by atoms with E-state index >= 15 is 0 Å². The monoisotopic (exact) mass is 536 g/mol. The molecule has 6 nitrogen and oxygen atoms in total. The number of anilines is 1. The lowest BCUT2D eigenvalue weighted by atomic mass is 10.1. The predicted octanol–water partition coefficient (Wildman–Crippen LogP) is 7.13. The summed E-state index contributed by atoms with van der Waals surface area (Å²) in [6.07, 6.45) is 8.14. The van der Waals surface area contributed by atoms with Crippen molar-refractivity contribution in [1.82, 2.24) is 0 Å². The minimum absolute atomic E-state index is 0.00316. The van der Waals surface area contributed by atoms with Crippen molar-refractivity contribution in [3.63, 3.8) is 0 Å². The molecule has 0 heterocycles. The van der Waals surface area contributed by atoms with Crippen LogP contribution in [-0.2, 0) is 21.1 Å². The molecule has 38 heavy (non-hydrogen) atoms. The summed E-state index contributed by atoms with van der Waals surface area (Å²) in [6, 6.07) is 19.2. The van der Waals surface area contributed by atoms with Crippen LogP contribution in [0, 0.1) is 6.92 Å². The van der Waals surface area contributed by atoms with Crippen molar-refractivity contribution in [2.75, 3.05) is 5.32 Å². The van der Waals surface area contributed by atoms with Crippen LogP contribution in [0.25, 0.3) is 0 Å². The number of phenols is 1. The fourth-order valence-corrected chi connectivity index (χ4v) is 5.42. The molecule has 2 N–H and O–H groups in total. The van der Waals surface area contributed by atoms with Gasteiger partial charge in [-0.25, -0.2) is 8.42 Å². The van der Waals surface area contributed by atoms with Gasteiger partial charge in [0, 0.05) is 5.69 Å². The zero-order valence-corrected chi connectivity index (χ0v) is 22.9. The molecule has 3 rings (SSSR count). The maximum Gasteiger partial charge on any atom is 0.265 e. The average molecular weight is 537 g/mol.